The van der Waals surface area contributed by atoms with Gasteiger partial charge < -0.3 is 31.4 Å². The summed E-state index contributed by atoms with van der Waals surface area (Å²) in [5, 5.41) is 0. The molecule has 0 fully saturated rings. The summed E-state index contributed by atoms with van der Waals surface area (Å²) >= 11 is 0. The number of esters is 3. The molecule has 0 rings (SSSR count). The van der Waals surface area contributed by atoms with Gasteiger partial charge in [-0.2, -0.15) is 0 Å². The molecule has 0 aromatic rings. The summed E-state index contributed by atoms with van der Waals surface area (Å²) in [7, 11) is 0. The maximum atomic E-state index is 12.3. The van der Waals surface area contributed by atoms with E-state index in [2.05, 4.69) is 0 Å². The second-order valence-electron chi connectivity index (χ2n) is 6.87. The van der Waals surface area contributed by atoms with Gasteiger partial charge in [0.2, 0.25) is 0 Å². The van der Waals surface area contributed by atoms with E-state index in [1.165, 1.54) is 0 Å². The molecule has 9 heteroatoms. The Morgan fingerprint density at radius 1 is 0.586 bits per heavy atom. The highest BCUT2D eigenvalue weighted by Gasteiger charge is 2.20. The van der Waals surface area contributed by atoms with Crippen molar-refractivity contribution in [1.29, 1.82) is 0 Å². The zero-order chi connectivity index (χ0) is 21.7. The van der Waals surface area contributed by atoms with Crippen LogP contribution in [0.25, 0.3) is 0 Å². The molecule has 0 spiro atoms. The van der Waals surface area contributed by atoms with Crippen molar-refractivity contribution < 1.29 is 28.6 Å². The molecule has 0 aromatic heterocycles. The molecule has 0 amide bonds. The number of hydrogen-bond donors (Lipinski definition) is 3. The van der Waals surface area contributed by atoms with Crippen LogP contribution >= 0.6 is 0 Å². The van der Waals surface area contributed by atoms with E-state index in [1.54, 1.807) is 0 Å². The fourth-order valence-electron chi connectivity index (χ4n) is 2.59. The molecule has 0 aliphatic heterocycles. The Morgan fingerprint density at radius 2 is 1.03 bits per heavy atom. The number of unbranched alkanes of at least 4 members (excludes halogenated alkanes) is 1. The van der Waals surface area contributed by atoms with Gasteiger partial charge in [-0.25, -0.2) is 0 Å². The third kappa shape index (κ3) is 16.9. The molecule has 1 atom stereocenters. The van der Waals surface area contributed by atoms with E-state index in [-0.39, 0.29) is 30.2 Å². The normalized spacial score (nSPS) is 11.7. The first-order valence-corrected chi connectivity index (χ1v) is 10.6. The molecule has 0 heterocycles. The molecule has 0 radical (unpaired) electrons. The van der Waals surface area contributed by atoms with E-state index in [1.807, 2.05) is 0 Å². The van der Waals surface area contributed by atoms with Crippen LogP contribution in [0.5, 0.6) is 0 Å². The third-order valence-corrected chi connectivity index (χ3v) is 4.27. The summed E-state index contributed by atoms with van der Waals surface area (Å²) < 4.78 is 15.4. The van der Waals surface area contributed by atoms with Gasteiger partial charge in [0.15, 0.2) is 0 Å². The molecule has 29 heavy (non-hydrogen) atoms. The first kappa shape index (κ1) is 27.3. The van der Waals surface area contributed by atoms with Gasteiger partial charge in [-0.1, -0.05) is 6.42 Å². The SMILES string of the molecule is NCCCOC(=O)CCCCC(CCCC(=O)OCCCN)C(=O)OCCCN. The Morgan fingerprint density at radius 3 is 1.55 bits per heavy atom. The third-order valence-electron chi connectivity index (χ3n) is 4.27. The predicted molar refractivity (Wildman–Crippen MR) is 110 cm³/mol. The molecule has 0 aliphatic carbocycles. The van der Waals surface area contributed by atoms with Gasteiger partial charge in [-0.05, 0) is 64.6 Å². The van der Waals surface area contributed by atoms with E-state index in [0.29, 0.717) is 97.2 Å². The highest BCUT2D eigenvalue weighted by atomic mass is 16.5. The number of carbonyl (C=O) groups excluding carboxylic acids is 3. The summed E-state index contributed by atoms with van der Waals surface area (Å²) in [6.45, 7) is 2.37. The summed E-state index contributed by atoms with van der Waals surface area (Å²) in [5.74, 6) is -1.12. The molecule has 0 aliphatic rings. The fourth-order valence-corrected chi connectivity index (χ4v) is 2.59. The molecule has 0 saturated heterocycles. The molecule has 1 unspecified atom stereocenters. The fraction of sp³-hybridized carbons (Fsp3) is 0.850. The van der Waals surface area contributed by atoms with Crippen LogP contribution in [-0.4, -0.2) is 57.4 Å². The quantitative estimate of drug-likeness (QED) is 0.158. The molecular weight excluding hydrogens is 378 g/mol. The number of hydrogen-bond acceptors (Lipinski definition) is 9. The van der Waals surface area contributed by atoms with E-state index in [9.17, 15) is 14.4 Å². The molecule has 0 saturated carbocycles. The lowest BCUT2D eigenvalue weighted by molar-refractivity contribution is -0.150. The molecule has 0 bridgehead atoms. The van der Waals surface area contributed by atoms with Gasteiger partial charge in [-0.3, -0.25) is 14.4 Å². The smallest absolute Gasteiger partial charge is 0.308 e. The van der Waals surface area contributed by atoms with Crippen LogP contribution in [-0.2, 0) is 28.6 Å². The van der Waals surface area contributed by atoms with Gasteiger partial charge in [0, 0.05) is 12.8 Å². The Bertz CT molecular complexity index is 448. The Labute approximate surface area is 174 Å². The van der Waals surface area contributed by atoms with E-state index in [4.69, 9.17) is 31.4 Å². The highest BCUT2D eigenvalue weighted by Crippen LogP contribution is 2.19. The van der Waals surface area contributed by atoms with Crippen molar-refractivity contribution in [3.63, 3.8) is 0 Å². The highest BCUT2D eigenvalue weighted by molar-refractivity contribution is 5.73. The average Bonchev–Trinajstić information content (AvgIpc) is 2.70. The number of nitrogens with two attached hydrogens (primary N) is 3. The van der Waals surface area contributed by atoms with Crippen molar-refractivity contribution in [2.75, 3.05) is 39.5 Å². The van der Waals surface area contributed by atoms with Crippen LogP contribution in [0, 0.1) is 5.92 Å². The number of rotatable bonds is 19. The maximum Gasteiger partial charge on any atom is 0.308 e. The van der Waals surface area contributed by atoms with Crippen molar-refractivity contribution >= 4 is 17.9 Å². The zero-order valence-corrected chi connectivity index (χ0v) is 17.6. The van der Waals surface area contributed by atoms with Gasteiger partial charge in [0.25, 0.3) is 0 Å². The number of ether oxygens (including phenoxy) is 3. The minimum absolute atomic E-state index is 0.249. The van der Waals surface area contributed by atoms with Gasteiger partial charge >= 0.3 is 17.9 Å². The molecular formula is C20H39N3O6. The van der Waals surface area contributed by atoms with Crippen LogP contribution in [0.4, 0.5) is 0 Å². The predicted octanol–water partition coefficient (Wildman–Crippen LogP) is 1.01. The summed E-state index contributed by atoms with van der Waals surface area (Å²) in [6, 6.07) is 0. The van der Waals surface area contributed by atoms with Crippen molar-refractivity contribution in [3.8, 4) is 0 Å². The Hall–Kier alpha value is -1.71. The van der Waals surface area contributed by atoms with Crippen molar-refractivity contribution in [1.82, 2.24) is 0 Å². The molecule has 170 valence electrons. The van der Waals surface area contributed by atoms with Crippen molar-refractivity contribution in [2.24, 2.45) is 23.1 Å². The monoisotopic (exact) mass is 417 g/mol. The summed E-state index contributed by atoms with van der Waals surface area (Å²) in [5.41, 5.74) is 16.1. The van der Waals surface area contributed by atoms with Crippen LogP contribution in [0.15, 0.2) is 0 Å². The van der Waals surface area contributed by atoms with Crippen LogP contribution in [0.1, 0.15) is 64.2 Å². The summed E-state index contributed by atoms with van der Waals surface area (Å²) in [4.78, 5) is 35.6. The van der Waals surface area contributed by atoms with E-state index < -0.39 is 0 Å². The van der Waals surface area contributed by atoms with Gasteiger partial charge in [0.1, 0.15) is 0 Å². The Kier molecular flexibility index (Phi) is 18.4. The second kappa shape index (κ2) is 19.6. The van der Waals surface area contributed by atoms with Crippen molar-refractivity contribution in [2.45, 2.75) is 64.2 Å². The molecule has 6 N–H and O–H groups in total. The maximum absolute atomic E-state index is 12.3. The largest absolute Gasteiger partial charge is 0.466 e. The van der Waals surface area contributed by atoms with E-state index in [0.717, 1.165) is 0 Å². The topological polar surface area (TPSA) is 157 Å². The first-order valence-electron chi connectivity index (χ1n) is 10.6. The number of carbonyl (C=O) groups is 3. The molecule has 0 aromatic carbocycles. The second-order valence-corrected chi connectivity index (χ2v) is 6.87. The standard InChI is InChI=1S/C20H39N3O6/c21-11-4-14-27-18(24)9-2-1-7-17(20(26)29-16-6-13-23)8-3-10-19(25)28-15-5-12-22/h17H,1-16,21-23H2. The van der Waals surface area contributed by atoms with Crippen LogP contribution < -0.4 is 17.2 Å². The van der Waals surface area contributed by atoms with E-state index >= 15 is 0 Å². The van der Waals surface area contributed by atoms with Crippen LogP contribution in [0.3, 0.4) is 0 Å². The minimum Gasteiger partial charge on any atom is -0.466 e. The minimum atomic E-state index is -0.308. The summed E-state index contributed by atoms with van der Waals surface area (Å²) in [6.07, 6.45) is 5.47. The zero-order valence-electron chi connectivity index (χ0n) is 17.6. The van der Waals surface area contributed by atoms with Crippen molar-refractivity contribution in [3.05, 3.63) is 0 Å². The van der Waals surface area contributed by atoms with Gasteiger partial charge in [0.05, 0.1) is 25.7 Å². The Balaban J connectivity index is 4.24. The lowest BCUT2D eigenvalue weighted by atomic mass is 9.95. The van der Waals surface area contributed by atoms with Crippen LogP contribution in [0.2, 0.25) is 0 Å². The lowest BCUT2D eigenvalue weighted by Crippen LogP contribution is -2.20. The first-order chi connectivity index (χ1) is 14.0. The molecule has 9 nitrogen and oxygen atoms in total. The van der Waals surface area contributed by atoms with Gasteiger partial charge in [-0.15, -0.1) is 0 Å². The average molecular weight is 418 g/mol. The lowest BCUT2D eigenvalue weighted by Gasteiger charge is -2.16.